The zero-order valence-corrected chi connectivity index (χ0v) is 23.9. The first-order valence-corrected chi connectivity index (χ1v) is 13.5. The number of nitrogens with zero attached hydrogens (tertiary/aromatic N) is 2. The molecular weight excluding hydrogens is 622 g/mol. The third kappa shape index (κ3) is 6.30. The van der Waals surface area contributed by atoms with Crippen LogP contribution in [0.1, 0.15) is 31.8 Å². The van der Waals surface area contributed by atoms with Crippen molar-refractivity contribution in [3.8, 4) is 17.0 Å². The van der Waals surface area contributed by atoms with Crippen LogP contribution in [-0.4, -0.2) is 23.1 Å². The minimum Gasteiger partial charge on any atom is -0.423 e. The fourth-order valence-corrected chi connectivity index (χ4v) is 4.64. The Bertz CT molecular complexity index is 1720. The molecule has 6 nitrogen and oxygen atoms in total. The predicted octanol–water partition coefficient (Wildman–Crippen LogP) is 7.72. The molecule has 0 fully saturated rings. The van der Waals surface area contributed by atoms with E-state index in [1.807, 2.05) is 55.5 Å². The molecule has 0 aliphatic heterocycles. The molecular formula is C31H21Br2N3O3. The second-order valence-corrected chi connectivity index (χ2v) is 10.5. The Labute approximate surface area is 242 Å². The zero-order chi connectivity index (χ0) is 27.4. The van der Waals surface area contributed by atoms with Gasteiger partial charge in [-0.25, -0.2) is 15.2 Å². The van der Waals surface area contributed by atoms with Gasteiger partial charge < -0.3 is 4.74 Å². The van der Waals surface area contributed by atoms with Gasteiger partial charge in [0.2, 0.25) is 0 Å². The van der Waals surface area contributed by atoms with Gasteiger partial charge in [-0.3, -0.25) is 4.79 Å². The van der Waals surface area contributed by atoms with Gasteiger partial charge in [0.05, 0.1) is 28.6 Å². The molecule has 8 heteroatoms. The van der Waals surface area contributed by atoms with Crippen molar-refractivity contribution in [2.45, 2.75) is 6.92 Å². The number of ether oxygens (including phenoxy) is 1. The van der Waals surface area contributed by atoms with Crippen LogP contribution in [-0.2, 0) is 0 Å². The Kier molecular flexibility index (Phi) is 7.95. The van der Waals surface area contributed by atoms with Crippen LogP contribution in [0.3, 0.4) is 0 Å². The number of benzene rings is 4. The number of halogens is 2. The van der Waals surface area contributed by atoms with Crippen LogP contribution in [0.15, 0.2) is 111 Å². The van der Waals surface area contributed by atoms with Gasteiger partial charge >= 0.3 is 5.97 Å². The van der Waals surface area contributed by atoms with Gasteiger partial charge in [0.15, 0.2) is 0 Å². The molecule has 0 bridgehead atoms. The standard InChI is InChI=1S/C31H21Br2N3O3/c1-19-6-15-28-25(16-19)26(17-29(35-28)21-9-11-22(32)12-10-21)30(37)36-34-18-20-7-13-23(14-8-20)39-31(38)24-4-2-3-5-27(24)33/h2-18H,1H3,(H,36,37). The molecule has 0 atom stereocenters. The van der Waals surface area contributed by atoms with Crippen molar-refractivity contribution in [3.63, 3.8) is 0 Å². The number of nitrogens with one attached hydrogen (secondary N) is 1. The number of rotatable bonds is 6. The highest BCUT2D eigenvalue weighted by Gasteiger charge is 2.15. The van der Waals surface area contributed by atoms with Crippen LogP contribution in [0.25, 0.3) is 22.2 Å². The Morgan fingerprint density at radius 3 is 2.36 bits per heavy atom. The first-order valence-electron chi connectivity index (χ1n) is 11.9. The molecule has 1 amide bonds. The van der Waals surface area contributed by atoms with Gasteiger partial charge in [0.1, 0.15) is 5.75 Å². The third-order valence-electron chi connectivity index (χ3n) is 5.91. The lowest BCUT2D eigenvalue weighted by molar-refractivity contribution is 0.0733. The van der Waals surface area contributed by atoms with Gasteiger partial charge in [-0.15, -0.1) is 0 Å². The minimum atomic E-state index is -0.460. The Morgan fingerprint density at radius 1 is 0.872 bits per heavy atom. The van der Waals surface area contributed by atoms with E-state index in [4.69, 9.17) is 9.72 Å². The second-order valence-electron chi connectivity index (χ2n) is 8.72. The van der Waals surface area contributed by atoms with Gasteiger partial charge in [-0.2, -0.15) is 5.10 Å². The number of carbonyl (C=O) groups is 2. The second kappa shape index (κ2) is 11.7. The van der Waals surface area contributed by atoms with Crippen LogP contribution in [0.5, 0.6) is 5.75 Å². The molecule has 0 spiro atoms. The molecule has 5 rings (SSSR count). The number of hydrogen-bond acceptors (Lipinski definition) is 5. The number of esters is 1. The summed E-state index contributed by atoms with van der Waals surface area (Å²) in [5, 5.41) is 4.90. The lowest BCUT2D eigenvalue weighted by Gasteiger charge is -2.10. The Balaban J connectivity index is 1.32. The van der Waals surface area contributed by atoms with Crippen LogP contribution in [0.4, 0.5) is 0 Å². The van der Waals surface area contributed by atoms with Gasteiger partial charge in [-0.05, 0) is 95.1 Å². The number of aromatic nitrogens is 1. The highest BCUT2D eigenvalue weighted by Crippen LogP contribution is 2.27. The monoisotopic (exact) mass is 641 g/mol. The molecule has 1 N–H and O–H groups in total. The number of carbonyl (C=O) groups excluding carboxylic acids is 2. The average molecular weight is 643 g/mol. The van der Waals surface area contributed by atoms with Crippen molar-refractivity contribution in [1.29, 1.82) is 0 Å². The highest BCUT2D eigenvalue weighted by atomic mass is 79.9. The summed E-state index contributed by atoms with van der Waals surface area (Å²) in [6, 6.07) is 29.3. The summed E-state index contributed by atoms with van der Waals surface area (Å²) in [5.74, 6) is -0.406. The van der Waals surface area contributed by atoms with Gasteiger partial charge in [-0.1, -0.05) is 51.8 Å². The topological polar surface area (TPSA) is 80.7 Å². The average Bonchev–Trinajstić information content (AvgIpc) is 2.94. The summed E-state index contributed by atoms with van der Waals surface area (Å²) in [6.07, 6.45) is 1.53. The molecule has 39 heavy (non-hydrogen) atoms. The largest absolute Gasteiger partial charge is 0.423 e. The van der Waals surface area contributed by atoms with Crippen LogP contribution < -0.4 is 10.2 Å². The summed E-state index contributed by atoms with van der Waals surface area (Å²) < 4.78 is 7.08. The molecule has 0 aliphatic rings. The molecule has 192 valence electrons. The van der Waals surface area contributed by atoms with Crippen molar-refractivity contribution in [3.05, 3.63) is 128 Å². The lowest BCUT2D eigenvalue weighted by atomic mass is 10.0. The predicted molar refractivity (Wildman–Crippen MR) is 160 cm³/mol. The Morgan fingerprint density at radius 2 is 1.62 bits per heavy atom. The quantitative estimate of drug-likeness (QED) is 0.0890. The van der Waals surface area contributed by atoms with Crippen molar-refractivity contribution in [2.24, 2.45) is 5.10 Å². The van der Waals surface area contributed by atoms with Gasteiger partial charge in [0.25, 0.3) is 5.91 Å². The maximum Gasteiger partial charge on any atom is 0.344 e. The van der Waals surface area contributed by atoms with Gasteiger partial charge in [0, 0.05) is 19.9 Å². The van der Waals surface area contributed by atoms with E-state index < -0.39 is 5.97 Å². The first-order chi connectivity index (χ1) is 18.9. The summed E-state index contributed by atoms with van der Waals surface area (Å²) in [5.41, 5.74) is 7.62. The summed E-state index contributed by atoms with van der Waals surface area (Å²) in [6.45, 7) is 1.97. The number of fused-ring (bicyclic) bond motifs is 1. The van der Waals surface area contributed by atoms with E-state index in [2.05, 4.69) is 42.4 Å². The van der Waals surface area contributed by atoms with E-state index in [9.17, 15) is 9.59 Å². The number of hydrazone groups is 1. The number of pyridine rings is 1. The molecule has 1 heterocycles. The van der Waals surface area contributed by atoms with Crippen molar-refractivity contribution >= 4 is 60.9 Å². The van der Waals surface area contributed by atoms with E-state index >= 15 is 0 Å². The van der Waals surface area contributed by atoms with E-state index in [-0.39, 0.29) is 5.91 Å². The number of amides is 1. The van der Waals surface area contributed by atoms with Crippen molar-refractivity contribution < 1.29 is 14.3 Å². The molecule has 0 saturated carbocycles. The summed E-state index contributed by atoms with van der Waals surface area (Å²) in [7, 11) is 0. The van der Waals surface area contributed by atoms with E-state index in [1.165, 1.54) is 6.21 Å². The van der Waals surface area contributed by atoms with E-state index in [0.717, 1.165) is 32.1 Å². The summed E-state index contributed by atoms with van der Waals surface area (Å²) in [4.78, 5) is 30.4. The van der Waals surface area contributed by atoms with Crippen molar-refractivity contribution in [2.75, 3.05) is 0 Å². The SMILES string of the molecule is Cc1ccc2nc(-c3ccc(Br)cc3)cc(C(=O)NN=Cc3ccc(OC(=O)c4ccccc4Br)cc3)c2c1. The molecule has 0 saturated heterocycles. The van der Waals surface area contributed by atoms with Crippen LogP contribution in [0.2, 0.25) is 0 Å². The lowest BCUT2D eigenvalue weighted by Crippen LogP contribution is -2.18. The molecule has 0 radical (unpaired) electrons. The van der Waals surface area contributed by atoms with E-state index in [1.54, 1.807) is 48.5 Å². The molecule has 5 aromatic rings. The maximum absolute atomic E-state index is 13.2. The maximum atomic E-state index is 13.2. The van der Waals surface area contributed by atoms with Crippen molar-refractivity contribution in [1.82, 2.24) is 10.4 Å². The normalized spacial score (nSPS) is 11.1. The van der Waals surface area contributed by atoms with Crippen LogP contribution >= 0.6 is 31.9 Å². The number of hydrogen-bond donors (Lipinski definition) is 1. The molecule has 1 aromatic heterocycles. The van der Waals surface area contributed by atoms with Crippen LogP contribution in [0, 0.1) is 6.92 Å². The molecule has 0 aliphatic carbocycles. The molecule has 0 unspecified atom stereocenters. The molecule has 4 aromatic carbocycles. The fraction of sp³-hybridized carbons (Fsp3) is 0.0323. The first kappa shape index (κ1) is 26.5. The Hall–Kier alpha value is -4.14. The minimum absolute atomic E-state index is 0.346. The number of aryl methyl sites for hydroxylation is 1. The van der Waals surface area contributed by atoms with E-state index in [0.29, 0.717) is 27.0 Å². The zero-order valence-electron chi connectivity index (χ0n) is 20.7. The summed E-state index contributed by atoms with van der Waals surface area (Å²) >= 11 is 6.81. The fourth-order valence-electron chi connectivity index (χ4n) is 3.93. The smallest absolute Gasteiger partial charge is 0.344 e. The third-order valence-corrected chi connectivity index (χ3v) is 7.13. The highest BCUT2D eigenvalue weighted by molar-refractivity contribution is 9.10.